The predicted octanol–water partition coefficient (Wildman–Crippen LogP) is 2.05. The van der Waals surface area contributed by atoms with E-state index in [0.717, 1.165) is 4.31 Å². The number of nitrogens with one attached hydrogen (secondary N) is 1. The van der Waals surface area contributed by atoms with Crippen LogP contribution in [0.4, 0.5) is 5.69 Å². The molecule has 0 bridgehead atoms. The van der Waals surface area contributed by atoms with Crippen molar-refractivity contribution in [1.29, 1.82) is 0 Å². The normalized spacial score (nSPS) is 11.7. The summed E-state index contributed by atoms with van der Waals surface area (Å²) < 4.78 is 32.4. The average molecular weight is 401 g/mol. The fourth-order valence-corrected chi connectivity index (χ4v) is 3.99. The van der Waals surface area contributed by atoms with Crippen molar-refractivity contribution in [2.45, 2.75) is 25.3 Å². The molecule has 0 aliphatic heterocycles. The predicted molar refractivity (Wildman–Crippen MR) is 99.2 cm³/mol. The van der Waals surface area contributed by atoms with E-state index in [9.17, 15) is 13.2 Å². The minimum atomic E-state index is -3.64. The topological polar surface area (TPSA) is 93.5 Å². The lowest BCUT2D eigenvalue weighted by atomic mass is 10.3. The van der Waals surface area contributed by atoms with Crippen LogP contribution in [-0.2, 0) is 21.4 Å². The number of aryl methyl sites for hydroxylation is 1. The molecular formula is C16H21ClN4O4S. The molecule has 8 nitrogen and oxygen atoms in total. The number of ether oxygens (including phenoxy) is 1. The highest BCUT2D eigenvalue weighted by molar-refractivity contribution is 7.89. The van der Waals surface area contributed by atoms with Gasteiger partial charge in [0.1, 0.15) is 17.2 Å². The Bertz CT molecular complexity index is 938. The number of benzene rings is 1. The fraction of sp³-hybridized carbons (Fsp3) is 0.375. The first kappa shape index (κ1) is 20.2. The zero-order chi connectivity index (χ0) is 19.6. The lowest BCUT2D eigenvalue weighted by molar-refractivity contribution is -0.116. The van der Waals surface area contributed by atoms with Crippen molar-refractivity contribution in [3.05, 3.63) is 34.6 Å². The third kappa shape index (κ3) is 4.00. The second kappa shape index (κ2) is 7.65. The number of nitrogens with zero attached hydrogens (tertiary/aromatic N) is 3. The van der Waals surface area contributed by atoms with E-state index in [0.29, 0.717) is 27.8 Å². The van der Waals surface area contributed by atoms with Crippen LogP contribution in [0.5, 0.6) is 5.75 Å². The second-order valence-electron chi connectivity index (χ2n) is 5.84. The van der Waals surface area contributed by atoms with Crippen molar-refractivity contribution >= 4 is 33.2 Å². The van der Waals surface area contributed by atoms with Crippen molar-refractivity contribution in [3.63, 3.8) is 0 Å². The van der Waals surface area contributed by atoms with Gasteiger partial charge in [-0.05, 0) is 32.0 Å². The number of halogens is 1. The smallest absolute Gasteiger partial charge is 0.246 e. The molecule has 2 rings (SSSR count). The summed E-state index contributed by atoms with van der Waals surface area (Å²) in [6, 6.07) is 4.87. The van der Waals surface area contributed by atoms with E-state index in [1.54, 1.807) is 32.0 Å². The van der Waals surface area contributed by atoms with Gasteiger partial charge in [-0.3, -0.25) is 9.48 Å². The maximum absolute atomic E-state index is 12.4. The van der Waals surface area contributed by atoms with Gasteiger partial charge in [-0.1, -0.05) is 11.6 Å². The van der Waals surface area contributed by atoms with Gasteiger partial charge >= 0.3 is 0 Å². The first-order valence-electron chi connectivity index (χ1n) is 7.67. The van der Waals surface area contributed by atoms with Crippen LogP contribution in [-0.4, -0.2) is 49.6 Å². The lowest BCUT2D eigenvalue weighted by Gasteiger charge is -2.12. The minimum absolute atomic E-state index is 0.114. The van der Waals surface area contributed by atoms with E-state index >= 15 is 0 Å². The van der Waals surface area contributed by atoms with Crippen LogP contribution in [0.3, 0.4) is 0 Å². The summed E-state index contributed by atoms with van der Waals surface area (Å²) in [5, 5.41) is 7.26. The molecule has 0 unspecified atom stereocenters. The molecule has 0 spiro atoms. The molecule has 142 valence electrons. The van der Waals surface area contributed by atoms with Gasteiger partial charge in [0.05, 0.1) is 23.5 Å². The Balaban J connectivity index is 2.21. The lowest BCUT2D eigenvalue weighted by Crippen LogP contribution is -2.24. The van der Waals surface area contributed by atoms with Crippen LogP contribution in [0, 0.1) is 13.8 Å². The molecule has 26 heavy (non-hydrogen) atoms. The molecule has 0 atom stereocenters. The second-order valence-corrected chi connectivity index (χ2v) is 8.34. The zero-order valence-electron chi connectivity index (χ0n) is 15.2. The number of amides is 1. The summed E-state index contributed by atoms with van der Waals surface area (Å²) in [6.07, 6.45) is 0. The summed E-state index contributed by atoms with van der Waals surface area (Å²) in [4.78, 5) is 12.4. The number of anilines is 1. The quantitative estimate of drug-likeness (QED) is 0.800. The fourth-order valence-electron chi connectivity index (χ4n) is 2.47. The Morgan fingerprint density at radius 2 is 2.00 bits per heavy atom. The molecule has 0 saturated heterocycles. The third-order valence-electron chi connectivity index (χ3n) is 3.78. The maximum atomic E-state index is 12.4. The Kier molecular flexibility index (Phi) is 5.94. The summed E-state index contributed by atoms with van der Waals surface area (Å²) in [6.45, 7) is 3.09. The van der Waals surface area contributed by atoms with Crippen molar-refractivity contribution in [1.82, 2.24) is 14.1 Å². The highest BCUT2D eigenvalue weighted by atomic mass is 35.5. The van der Waals surface area contributed by atoms with E-state index < -0.39 is 10.0 Å². The van der Waals surface area contributed by atoms with Crippen LogP contribution in [0.25, 0.3) is 0 Å². The molecule has 10 heteroatoms. The number of sulfonamides is 1. The minimum Gasteiger partial charge on any atom is -0.495 e. The summed E-state index contributed by atoms with van der Waals surface area (Å²) in [5.41, 5.74) is 1.25. The van der Waals surface area contributed by atoms with E-state index in [1.165, 1.54) is 25.9 Å². The Morgan fingerprint density at radius 1 is 1.35 bits per heavy atom. The number of aromatic nitrogens is 2. The standard InChI is InChI=1S/C16H21ClN4O4S/c1-10-16(26(23,24)20(3)4)11(2)21(19-10)9-15(22)18-12-6-7-14(25-5)13(17)8-12/h6-8H,9H2,1-5H3,(H,18,22). The van der Waals surface area contributed by atoms with Crippen LogP contribution in [0.2, 0.25) is 5.02 Å². The largest absolute Gasteiger partial charge is 0.495 e. The van der Waals surface area contributed by atoms with E-state index in [-0.39, 0.29) is 17.3 Å². The summed E-state index contributed by atoms with van der Waals surface area (Å²) in [5.74, 6) is 0.146. The number of hydrogen-bond donors (Lipinski definition) is 1. The molecule has 1 amide bonds. The highest BCUT2D eigenvalue weighted by Crippen LogP contribution is 2.27. The molecule has 0 saturated carbocycles. The molecule has 0 aliphatic carbocycles. The van der Waals surface area contributed by atoms with Crippen molar-refractivity contribution < 1.29 is 17.9 Å². The number of rotatable bonds is 6. The van der Waals surface area contributed by atoms with Crippen LogP contribution in [0.1, 0.15) is 11.4 Å². The Hall–Kier alpha value is -2.10. The molecule has 0 aliphatic rings. The van der Waals surface area contributed by atoms with Crippen LogP contribution < -0.4 is 10.1 Å². The molecular weight excluding hydrogens is 380 g/mol. The van der Waals surface area contributed by atoms with Gasteiger partial charge in [-0.15, -0.1) is 0 Å². The summed E-state index contributed by atoms with van der Waals surface area (Å²) in [7, 11) is 0.763. The van der Waals surface area contributed by atoms with Gasteiger partial charge in [0, 0.05) is 19.8 Å². The molecule has 1 heterocycles. The monoisotopic (exact) mass is 400 g/mol. The first-order valence-corrected chi connectivity index (χ1v) is 9.49. The molecule has 1 N–H and O–H groups in total. The van der Waals surface area contributed by atoms with Gasteiger partial charge < -0.3 is 10.1 Å². The molecule has 0 fully saturated rings. The van der Waals surface area contributed by atoms with Crippen molar-refractivity contribution in [2.24, 2.45) is 0 Å². The first-order chi connectivity index (χ1) is 12.1. The SMILES string of the molecule is COc1ccc(NC(=O)Cn2nc(C)c(S(=O)(=O)N(C)C)c2C)cc1Cl. The number of carbonyl (C=O) groups excluding carboxylic acids is 1. The number of carbonyl (C=O) groups is 1. The number of hydrogen-bond acceptors (Lipinski definition) is 5. The summed E-state index contributed by atoms with van der Waals surface area (Å²) >= 11 is 6.04. The maximum Gasteiger partial charge on any atom is 0.246 e. The highest BCUT2D eigenvalue weighted by Gasteiger charge is 2.27. The number of methoxy groups -OCH3 is 1. The van der Waals surface area contributed by atoms with Gasteiger partial charge in [0.25, 0.3) is 0 Å². The van der Waals surface area contributed by atoms with Crippen molar-refractivity contribution in [2.75, 3.05) is 26.5 Å². The van der Waals surface area contributed by atoms with Crippen LogP contribution in [0.15, 0.2) is 23.1 Å². The van der Waals surface area contributed by atoms with Gasteiger partial charge in [0.2, 0.25) is 15.9 Å². The van der Waals surface area contributed by atoms with E-state index in [4.69, 9.17) is 16.3 Å². The van der Waals surface area contributed by atoms with E-state index in [2.05, 4.69) is 10.4 Å². The molecule has 0 radical (unpaired) electrons. The molecule has 1 aromatic heterocycles. The van der Waals surface area contributed by atoms with Gasteiger partial charge in [-0.25, -0.2) is 12.7 Å². The Morgan fingerprint density at radius 3 is 2.54 bits per heavy atom. The zero-order valence-corrected chi connectivity index (χ0v) is 16.8. The molecule has 2 aromatic rings. The van der Waals surface area contributed by atoms with Gasteiger partial charge in [-0.2, -0.15) is 5.10 Å². The third-order valence-corrected chi connectivity index (χ3v) is 6.15. The molecule has 1 aromatic carbocycles. The van der Waals surface area contributed by atoms with E-state index in [1.807, 2.05) is 0 Å². The van der Waals surface area contributed by atoms with Crippen LogP contribution >= 0.6 is 11.6 Å². The van der Waals surface area contributed by atoms with Crippen molar-refractivity contribution in [3.8, 4) is 5.75 Å². The van der Waals surface area contributed by atoms with Gasteiger partial charge in [0.15, 0.2) is 0 Å². The average Bonchev–Trinajstić information content (AvgIpc) is 2.81. The Labute approximate surface area is 157 Å².